The summed E-state index contributed by atoms with van der Waals surface area (Å²) in [5.74, 6) is 2.50. The van der Waals surface area contributed by atoms with Gasteiger partial charge >= 0.3 is 0 Å². The van der Waals surface area contributed by atoms with Gasteiger partial charge < -0.3 is 18.9 Å². The molecular weight excluding hydrogens is 342 g/mol. The second-order valence-corrected chi connectivity index (χ2v) is 6.67. The molecule has 5 nitrogen and oxygen atoms in total. The summed E-state index contributed by atoms with van der Waals surface area (Å²) >= 11 is 0. The minimum Gasteiger partial charge on any atom is -0.497 e. The number of rotatable bonds is 9. The Morgan fingerprint density at radius 3 is 2.37 bits per heavy atom. The Hall–Kier alpha value is -2.24. The van der Waals surface area contributed by atoms with E-state index in [9.17, 15) is 0 Å². The fraction of sp³-hybridized carbons (Fsp3) is 0.455. The summed E-state index contributed by atoms with van der Waals surface area (Å²) in [4.78, 5) is 2.47. The summed E-state index contributed by atoms with van der Waals surface area (Å²) < 4.78 is 22.0. The van der Waals surface area contributed by atoms with Gasteiger partial charge in [-0.05, 0) is 61.3 Å². The van der Waals surface area contributed by atoms with Crippen LogP contribution in [-0.4, -0.2) is 52.0 Å². The van der Waals surface area contributed by atoms with E-state index in [0.717, 1.165) is 68.5 Å². The third-order valence-electron chi connectivity index (χ3n) is 4.84. The average Bonchev–Trinajstić information content (AvgIpc) is 2.73. The molecule has 0 aromatic heterocycles. The molecule has 2 aromatic rings. The van der Waals surface area contributed by atoms with Crippen LogP contribution in [0.3, 0.4) is 0 Å². The van der Waals surface area contributed by atoms with E-state index in [2.05, 4.69) is 17.0 Å². The highest BCUT2D eigenvalue weighted by atomic mass is 16.5. The van der Waals surface area contributed by atoms with E-state index in [1.54, 1.807) is 14.2 Å². The van der Waals surface area contributed by atoms with Gasteiger partial charge in [0.15, 0.2) is 0 Å². The first-order chi connectivity index (χ1) is 13.3. The van der Waals surface area contributed by atoms with Gasteiger partial charge in [-0.3, -0.25) is 4.90 Å². The summed E-state index contributed by atoms with van der Waals surface area (Å²) in [6, 6.07) is 14.0. The summed E-state index contributed by atoms with van der Waals surface area (Å²) in [6.07, 6.45) is 2.20. The van der Waals surface area contributed by atoms with Gasteiger partial charge in [0.25, 0.3) is 0 Å². The van der Waals surface area contributed by atoms with Crippen LogP contribution in [0.4, 0.5) is 0 Å². The highest BCUT2D eigenvalue weighted by Crippen LogP contribution is 2.24. The first-order valence-corrected chi connectivity index (χ1v) is 9.51. The SMILES string of the molecule is COc1ccc(OCc2cc(CCCN3CCOCC3)ccc2OC)cc1. The maximum absolute atomic E-state index is 5.93. The van der Waals surface area contributed by atoms with Crippen molar-refractivity contribution < 1.29 is 18.9 Å². The van der Waals surface area contributed by atoms with Gasteiger partial charge in [0.05, 0.1) is 27.4 Å². The quantitative estimate of drug-likeness (QED) is 0.674. The Kier molecular flexibility index (Phi) is 7.36. The molecule has 146 valence electrons. The number of hydrogen-bond donors (Lipinski definition) is 0. The number of nitrogens with zero attached hydrogens (tertiary/aromatic N) is 1. The molecule has 0 atom stereocenters. The van der Waals surface area contributed by atoms with E-state index in [1.807, 2.05) is 30.3 Å². The van der Waals surface area contributed by atoms with Crippen molar-refractivity contribution in [1.29, 1.82) is 0 Å². The summed E-state index contributed by atoms with van der Waals surface area (Å²) in [7, 11) is 3.36. The molecule has 0 N–H and O–H groups in total. The molecule has 1 aliphatic heterocycles. The van der Waals surface area contributed by atoms with Crippen molar-refractivity contribution in [3.05, 3.63) is 53.6 Å². The molecule has 1 saturated heterocycles. The maximum Gasteiger partial charge on any atom is 0.125 e. The smallest absolute Gasteiger partial charge is 0.125 e. The number of methoxy groups -OCH3 is 2. The van der Waals surface area contributed by atoms with Gasteiger partial charge in [-0.2, -0.15) is 0 Å². The van der Waals surface area contributed by atoms with E-state index in [4.69, 9.17) is 18.9 Å². The Morgan fingerprint density at radius 1 is 0.926 bits per heavy atom. The van der Waals surface area contributed by atoms with E-state index >= 15 is 0 Å². The van der Waals surface area contributed by atoms with Crippen molar-refractivity contribution >= 4 is 0 Å². The molecule has 0 saturated carbocycles. The molecule has 0 radical (unpaired) electrons. The van der Waals surface area contributed by atoms with Crippen molar-refractivity contribution in [2.45, 2.75) is 19.4 Å². The van der Waals surface area contributed by atoms with Gasteiger partial charge in [-0.1, -0.05) is 6.07 Å². The molecule has 2 aromatic carbocycles. The maximum atomic E-state index is 5.93. The molecule has 0 unspecified atom stereocenters. The predicted molar refractivity (Wildman–Crippen MR) is 106 cm³/mol. The van der Waals surface area contributed by atoms with Gasteiger partial charge in [-0.25, -0.2) is 0 Å². The third-order valence-corrected chi connectivity index (χ3v) is 4.84. The lowest BCUT2D eigenvalue weighted by Crippen LogP contribution is -2.36. The lowest BCUT2D eigenvalue weighted by Gasteiger charge is -2.26. The predicted octanol–water partition coefficient (Wildman–Crippen LogP) is 3.55. The third kappa shape index (κ3) is 5.88. The molecule has 0 amide bonds. The second-order valence-electron chi connectivity index (χ2n) is 6.67. The zero-order valence-corrected chi connectivity index (χ0v) is 16.3. The van der Waals surface area contributed by atoms with Crippen molar-refractivity contribution in [3.8, 4) is 17.2 Å². The first-order valence-electron chi connectivity index (χ1n) is 9.51. The van der Waals surface area contributed by atoms with E-state index < -0.39 is 0 Å². The molecule has 1 heterocycles. The van der Waals surface area contributed by atoms with Crippen molar-refractivity contribution in [2.75, 3.05) is 47.1 Å². The van der Waals surface area contributed by atoms with Crippen LogP contribution in [0.1, 0.15) is 17.5 Å². The Bertz CT molecular complexity index is 696. The normalized spacial score (nSPS) is 14.7. The molecule has 0 bridgehead atoms. The fourth-order valence-corrected chi connectivity index (χ4v) is 3.26. The van der Waals surface area contributed by atoms with Crippen LogP contribution in [0.25, 0.3) is 0 Å². The molecule has 1 aliphatic rings. The Labute approximate surface area is 161 Å². The fourth-order valence-electron chi connectivity index (χ4n) is 3.26. The lowest BCUT2D eigenvalue weighted by atomic mass is 10.1. The van der Waals surface area contributed by atoms with Crippen LogP contribution in [0.2, 0.25) is 0 Å². The van der Waals surface area contributed by atoms with Crippen LogP contribution in [0.15, 0.2) is 42.5 Å². The number of benzene rings is 2. The minimum atomic E-state index is 0.479. The lowest BCUT2D eigenvalue weighted by molar-refractivity contribution is 0.0374. The van der Waals surface area contributed by atoms with Gasteiger partial charge in [0.1, 0.15) is 23.9 Å². The number of ether oxygens (including phenoxy) is 4. The van der Waals surface area contributed by atoms with Crippen molar-refractivity contribution in [2.24, 2.45) is 0 Å². The molecular formula is C22H29NO4. The highest BCUT2D eigenvalue weighted by Gasteiger charge is 2.10. The second kappa shape index (κ2) is 10.2. The Balaban J connectivity index is 1.55. The number of hydrogen-bond acceptors (Lipinski definition) is 5. The number of morpholine rings is 1. The van der Waals surface area contributed by atoms with Crippen LogP contribution in [-0.2, 0) is 17.8 Å². The minimum absolute atomic E-state index is 0.479. The largest absolute Gasteiger partial charge is 0.497 e. The standard InChI is InChI=1S/C22H29NO4/c1-24-20-6-8-21(9-7-20)27-17-19-16-18(5-10-22(19)25-2)4-3-11-23-12-14-26-15-13-23/h5-10,16H,3-4,11-15,17H2,1-2H3. The highest BCUT2D eigenvalue weighted by molar-refractivity contribution is 5.38. The zero-order chi connectivity index (χ0) is 18.9. The zero-order valence-electron chi connectivity index (χ0n) is 16.3. The van der Waals surface area contributed by atoms with Crippen LogP contribution >= 0.6 is 0 Å². The summed E-state index contributed by atoms with van der Waals surface area (Å²) in [5.41, 5.74) is 2.38. The van der Waals surface area contributed by atoms with Crippen LogP contribution < -0.4 is 14.2 Å². The monoisotopic (exact) mass is 371 g/mol. The molecule has 1 fully saturated rings. The van der Waals surface area contributed by atoms with Gasteiger partial charge in [0, 0.05) is 18.7 Å². The average molecular weight is 371 g/mol. The first kappa shape index (κ1) is 19.5. The summed E-state index contributed by atoms with van der Waals surface area (Å²) in [5, 5.41) is 0. The van der Waals surface area contributed by atoms with Crippen molar-refractivity contribution in [3.63, 3.8) is 0 Å². The molecule has 3 rings (SSSR count). The van der Waals surface area contributed by atoms with Crippen molar-refractivity contribution in [1.82, 2.24) is 4.90 Å². The van der Waals surface area contributed by atoms with Crippen LogP contribution in [0.5, 0.6) is 17.2 Å². The molecule has 27 heavy (non-hydrogen) atoms. The summed E-state index contributed by atoms with van der Waals surface area (Å²) in [6.45, 7) is 5.40. The van der Waals surface area contributed by atoms with E-state index in [-0.39, 0.29) is 0 Å². The Morgan fingerprint density at radius 2 is 1.67 bits per heavy atom. The van der Waals surface area contributed by atoms with E-state index in [1.165, 1.54) is 5.56 Å². The molecule has 0 aliphatic carbocycles. The topological polar surface area (TPSA) is 40.2 Å². The van der Waals surface area contributed by atoms with Crippen LogP contribution in [0, 0.1) is 0 Å². The van der Waals surface area contributed by atoms with E-state index in [0.29, 0.717) is 6.61 Å². The van der Waals surface area contributed by atoms with Gasteiger partial charge in [0.2, 0.25) is 0 Å². The molecule has 5 heteroatoms. The molecule has 0 spiro atoms. The van der Waals surface area contributed by atoms with Gasteiger partial charge in [-0.15, -0.1) is 0 Å². The number of aryl methyl sites for hydroxylation is 1.